The van der Waals surface area contributed by atoms with Gasteiger partial charge in [0.2, 0.25) is 6.41 Å². The van der Waals surface area contributed by atoms with E-state index < -0.39 is 4.96 Å². The normalized spacial score (nSPS) is 8.50. The topological polar surface area (TPSA) is 29.1 Å². The van der Waals surface area contributed by atoms with Gasteiger partial charge >= 0.3 is 0 Å². The van der Waals surface area contributed by atoms with E-state index in [1.54, 1.807) is 0 Å². The van der Waals surface area contributed by atoms with E-state index in [2.05, 4.69) is 5.32 Å². The Kier molecular flexibility index (Phi) is 3.28. The molecule has 0 aliphatic rings. The fraction of sp³-hybridized carbons (Fsp3) is 0.500. The van der Waals surface area contributed by atoms with Crippen LogP contribution in [0.2, 0.25) is 0 Å². The molecule has 0 spiro atoms. The van der Waals surface area contributed by atoms with E-state index in [9.17, 15) is 4.79 Å². The van der Waals surface area contributed by atoms with Crippen molar-refractivity contribution < 1.29 is 4.79 Å². The van der Waals surface area contributed by atoms with Gasteiger partial charge in [0.25, 0.3) is 0 Å². The lowest BCUT2D eigenvalue weighted by Gasteiger charge is -1.90. The first kappa shape index (κ1) is 6.05. The summed E-state index contributed by atoms with van der Waals surface area (Å²) in [6, 6.07) is 0. The maximum Gasteiger partial charge on any atom is 0.209 e. The standard InChI is InChI=1S/C2H3Cl2NO/c3-2(4)5-1-6/h1-2H,(H,5,6). The van der Waals surface area contributed by atoms with Crippen LogP contribution in [0.1, 0.15) is 0 Å². The summed E-state index contributed by atoms with van der Waals surface area (Å²) in [4.78, 5) is 8.56. The number of hydrogen-bond acceptors (Lipinski definition) is 1. The number of rotatable bonds is 2. The molecule has 6 heavy (non-hydrogen) atoms. The van der Waals surface area contributed by atoms with Crippen LogP contribution < -0.4 is 5.32 Å². The van der Waals surface area contributed by atoms with Crippen LogP contribution >= 0.6 is 23.2 Å². The molecule has 36 valence electrons. The molecule has 0 fully saturated rings. The van der Waals surface area contributed by atoms with Crippen molar-refractivity contribution in [3.8, 4) is 0 Å². The summed E-state index contributed by atoms with van der Waals surface area (Å²) in [5, 5.41) is 2.06. The molecular formula is C2H3Cl2NO. The molecule has 0 heterocycles. The van der Waals surface area contributed by atoms with Crippen molar-refractivity contribution in [3.05, 3.63) is 0 Å². The summed E-state index contributed by atoms with van der Waals surface area (Å²) in [6.45, 7) is 0. The number of alkyl halides is 2. The number of amides is 1. The summed E-state index contributed by atoms with van der Waals surface area (Å²) < 4.78 is 0. The van der Waals surface area contributed by atoms with Gasteiger partial charge in [0, 0.05) is 0 Å². The molecule has 0 aromatic carbocycles. The van der Waals surface area contributed by atoms with Gasteiger partial charge < -0.3 is 5.32 Å². The quantitative estimate of drug-likeness (QED) is 0.327. The number of hydrogen-bond donors (Lipinski definition) is 1. The molecule has 0 radical (unpaired) electrons. The number of halogens is 2. The maximum atomic E-state index is 9.34. The van der Waals surface area contributed by atoms with Crippen LogP contribution in [0.25, 0.3) is 0 Å². The van der Waals surface area contributed by atoms with Crippen molar-refractivity contribution in [1.82, 2.24) is 5.32 Å². The monoisotopic (exact) mass is 127 g/mol. The Hall–Kier alpha value is 0.0500. The van der Waals surface area contributed by atoms with Gasteiger partial charge in [-0.1, -0.05) is 23.2 Å². The molecule has 0 saturated carbocycles. The minimum atomic E-state index is -0.775. The molecule has 0 unspecified atom stereocenters. The molecule has 0 aromatic rings. The lowest BCUT2D eigenvalue weighted by atomic mass is 11.2. The van der Waals surface area contributed by atoms with E-state index in [1.807, 2.05) is 0 Å². The zero-order valence-electron chi connectivity index (χ0n) is 2.82. The molecule has 0 bridgehead atoms. The molecule has 4 heteroatoms. The fourth-order valence-electron chi connectivity index (χ4n) is 0.0514. The fourth-order valence-corrected chi connectivity index (χ4v) is 0.154. The third-order valence-corrected chi connectivity index (χ3v) is 0.446. The van der Waals surface area contributed by atoms with Gasteiger partial charge in [-0.15, -0.1) is 0 Å². The molecule has 0 saturated heterocycles. The van der Waals surface area contributed by atoms with Crippen LogP contribution in [0.3, 0.4) is 0 Å². The van der Waals surface area contributed by atoms with Crippen molar-refractivity contribution in [1.29, 1.82) is 0 Å². The number of nitrogens with one attached hydrogen (secondary N) is 1. The third-order valence-electron chi connectivity index (χ3n) is 0.194. The summed E-state index contributed by atoms with van der Waals surface area (Å²) in [5.41, 5.74) is 0. The SMILES string of the molecule is O=CNC(Cl)Cl. The van der Waals surface area contributed by atoms with Gasteiger partial charge in [0.1, 0.15) is 0 Å². The van der Waals surface area contributed by atoms with Gasteiger partial charge in [-0.05, 0) is 0 Å². The second-order valence-electron chi connectivity index (χ2n) is 0.585. The zero-order chi connectivity index (χ0) is 4.99. The lowest BCUT2D eigenvalue weighted by molar-refractivity contribution is -0.109. The van der Waals surface area contributed by atoms with Crippen LogP contribution in [0.4, 0.5) is 0 Å². The Labute approximate surface area is 45.4 Å². The molecule has 2 nitrogen and oxygen atoms in total. The van der Waals surface area contributed by atoms with E-state index in [1.165, 1.54) is 0 Å². The largest absolute Gasteiger partial charge is 0.330 e. The first-order chi connectivity index (χ1) is 2.77. The van der Waals surface area contributed by atoms with E-state index in [0.29, 0.717) is 6.41 Å². The van der Waals surface area contributed by atoms with Crippen molar-refractivity contribution in [3.63, 3.8) is 0 Å². The molecule has 0 aliphatic heterocycles. The predicted octanol–water partition coefficient (Wildman–Crippen LogP) is 0.494. The molecule has 1 N–H and O–H groups in total. The first-order valence-electron chi connectivity index (χ1n) is 1.25. The van der Waals surface area contributed by atoms with E-state index in [-0.39, 0.29) is 0 Å². The first-order valence-corrected chi connectivity index (χ1v) is 2.12. The van der Waals surface area contributed by atoms with Gasteiger partial charge in [-0.3, -0.25) is 4.79 Å². The second kappa shape index (κ2) is 3.25. The molecular weight excluding hydrogens is 125 g/mol. The van der Waals surface area contributed by atoms with Crippen LogP contribution in [0.15, 0.2) is 0 Å². The molecule has 0 aromatic heterocycles. The Balaban J connectivity index is 2.81. The van der Waals surface area contributed by atoms with E-state index >= 15 is 0 Å². The summed E-state index contributed by atoms with van der Waals surface area (Å²) >= 11 is 10.0. The highest BCUT2D eigenvalue weighted by Crippen LogP contribution is 1.91. The molecule has 1 amide bonds. The third kappa shape index (κ3) is 4.05. The molecule has 0 rings (SSSR count). The smallest absolute Gasteiger partial charge is 0.209 e. The van der Waals surface area contributed by atoms with Crippen LogP contribution in [-0.2, 0) is 4.79 Å². The number of carbonyl (C=O) groups excluding carboxylic acids is 1. The van der Waals surface area contributed by atoms with Crippen molar-refractivity contribution in [2.24, 2.45) is 0 Å². The highest BCUT2D eigenvalue weighted by molar-refractivity contribution is 6.44. The zero-order valence-corrected chi connectivity index (χ0v) is 4.33. The Morgan fingerprint density at radius 3 is 2.17 bits per heavy atom. The Bertz CT molecular complexity index is 46.8. The average Bonchev–Trinajstić information content (AvgIpc) is 1.35. The van der Waals surface area contributed by atoms with Gasteiger partial charge in [-0.25, -0.2) is 0 Å². The highest BCUT2D eigenvalue weighted by atomic mass is 35.5. The molecule has 0 aliphatic carbocycles. The van der Waals surface area contributed by atoms with E-state index in [0.717, 1.165) is 0 Å². The summed E-state index contributed by atoms with van der Waals surface area (Å²) in [5.74, 6) is 0. The Morgan fingerprint density at radius 2 is 2.17 bits per heavy atom. The average molecular weight is 128 g/mol. The van der Waals surface area contributed by atoms with Crippen LogP contribution in [0, 0.1) is 0 Å². The predicted molar refractivity (Wildman–Crippen MR) is 24.7 cm³/mol. The van der Waals surface area contributed by atoms with Gasteiger partial charge in [-0.2, -0.15) is 0 Å². The summed E-state index contributed by atoms with van der Waals surface area (Å²) in [7, 11) is 0. The second-order valence-corrected chi connectivity index (χ2v) is 1.68. The highest BCUT2D eigenvalue weighted by Gasteiger charge is 1.87. The van der Waals surface area contributed by atoms with Crippen molar-refractivity contribution in [2.45, 2.75) is 4.96 Å². The molecule has 0 atom stereocenters. The minimum Gasteiger partial charge on any atom is -0.330 e. The van der Waals surface area contributed by atoms with E-state index in [4.69, 9.17) is 23.2 Å². The minimum absolute atomic E-state index is 0.435. The van der Waals surface area contributed by atoms with Crippen molar-refractivity contribution in [2.75, 3.05) is 0 Å². The van der Waals surface area contributed by atoms with Gasteiger partial charge in [0.05, 0.1) is 0 Å². The van der Waals surface area contributed by atoms with Crippen LogP contribution in [0.5, 0.6) is 0 Å². The lowest BCUT2D eigenvalue weighted by Crippen LogP contribution is -2.14. The number of carbonyl (C=O) groups is 1. The maximum absolute atomic E-state index is 9.34. The van der Waals surface area contributed by atoms with Gasteiger partial charge in [0.15, 0.2) is 4.96 Å². The Morgan fingerprint density at radius 1 is 1.67 bits per heavy atom. The summed E-state index contributed by atoms with van der Waals surface area (Å²) in [6.07, 6.45) is 0.435. The van der Waals surface area contributed by atoms with Crippen LogP contribution in [-0.4, -0.2) is 11.4 Å². The van der Waals surface area contributed by atoms with Crippen molar-refractivity contribution >= 4 is 29.6 Å².